The van der Waals surface area contributed by atoms with Crippen molar-refractivity contribution in [3.05, 3.63) is 47.2 Å². The minimum Gasteiger partial charge on any atom is -0.497 e. The number of methoxy groups -OCH3 is 2. The maximum Gasteiger partial charge on any atom is 0.175 e. The van der Waals surface area contributed by atoms with Gasteiger partial charge in [0.25, 0.3) is 0 Å². The fourth-order valence-electron chi connectivity index (χ4n) is 1.75. The summed E-state index contributed by atoms with van der Waals surface area (Å²) in [5.41, 5.74) is 1.18. The first-order chi connectivity index (χ1) is 10.5. The molecule has 116 valence electrons. The summed E-state index contributed by atoms with van der Waals surface area (Å²) >= 11 is 10.8. The van der Waals surface area contributed by atoms with E-state index in [0.29, 0.717) is 28.0 Å². The van der Waals surface area contributed by atoms with Gasteiger partial charge >= 0.3 is 0 Å². The fourth-order valence-corrected chi connectivity index (χ4v) is 2.10. The van der Waals surface area contributed by atoms with E-state index in [-0.39, 0.29) is 5.02 Å². The third-order valence-electron chi connectivity index (χ3n) is 2.79. The van der Waals surface area contributed by atoms with Crippen LogP contribution in [0.3, 0.4) is 0 Å². The Morgan fingerprint density at radius 3 is 2.14 bits per heavy atom. The summed E-state index contributed by atoms with van der Waals surface area (Å²) in [5, 5.41) is 6.21. The van der Waals surface area contributed by atoms with Crippen molar-refractivity contribution in [3.8, 4) is 11.5 Å². The quantitative estimate of drug-likeness (QED) is 0.812. The van der Waals surface area contributed by atoms with E-state index < -0.39 is 5.82 Å². The van der Waals surface area contributed by atoms with Gasteiger partial charge < -0.3 is 20.1 Å². The molecule has 0 amide bonds. The first kappa shape index (κ1) is 16.3. The number of benzene rings is 2. The average Bonchev–Trinajstić information content (AvgIpc) is 2.50. The molecular weight excluding hydrogens is 327 g/mol. The molecule has 4 nitrogen and oxygen atoms in total. The number of anilines is 2. The Balaban J connectivity index is 2.09. The molecule has 0 aliphatic carbocycles. The molecule has 0 aromatic heterocycles. The Kier molecular flexibility index (Phi) is 5.41. The van der Waals surface area contributed by atoms with E-state index in [0.717, 1.165) is 0 Å². The highest BCUT2D eigenvalue weighted by molar-refractivity contribution is 7.80. The monoisotopic (exact) mass is 340 g/mol. The van der Waals surface area contributed by atoms with Gasteiger partial charge in [0, 0.05) is 29.6 Å². The van der Waals surface area contributed by atoms with Gasteiger partial charge in [0.05, 0.1) is 19.2 Å². The summed E-state index contributed by atoms with van der Waals surface area (Å²) in [5.74, 6) is 0.738. The third kappa shape index (κ3) is 4.22. The van der Waals surface area contributed by atoms with Gasteiger partial charge in [0.15, 0.2) is 5.11 Å². The molecule has 0 saturated heterocycles. The van der Waals surface area contributed by atoms with Crippen molar-refractivity contribution < 1.29 is 13.9 Å². The normalized spacial score (nSPS) is 10.0. The third-order valence-corrected chi connectivity index (χ3v) is 3.30. The van der Waals surface area contributed by atoms with Crippen LogP contribution in [0.1, 0.15) is 0 Å². The SMILES string of the molecule is COc1cc(NC(=S)Nc2ccc(Cl)c(F)c2)cc(OC)c1. The molecule has 0 aliphatic rings. The molecule has 0 heterocycles. The zero-order valence-corrected chi connectivity index (χ0v) is 13.5. The number of hydrogen-bond acceptors (Lipinski definition) is 3. The van der Waals surface area contributed by atoms with E-state index in [1.165, 1.54) is 12.1 Å². The van der Waals surface area contributed by atoms with Gasteiger partial charge in [-0.1, -0.05) is 11.6 Å². The van der Waals surface area contributed by atoms with Crippen LogP contribution < -0.4 is 20.1 Å². The molecular formula is C15H14ClFN2O2S. The number of hydrogen-bond donors (Lipinski definition) is 2. The minimum atomic E-state index is -0.516. The molecule has 0 fully saturated rings. The van der Waals surface area contributed by atoms with Crippen LogP contribution in [0.15, 0.2) is 36.4 Å². The van der Waals surface area contributed by atoms with Gasteiger partial charge in [-0.3, -0.25) is 0 Å². The lowest BCUT2D eigenvalue weighted by Gasteiger charge is -2.13. The van der Waals surface area contributed by atoms with Crippen molar-refractivity contribution in [1.29, 1.82) is 0 Å². The molecule has 2 N–H and O–H groups in total. The maximum absolute atomic E-state index is 13.4. The van der Waals surface area contributed by atoms with E-state index >= 15 is 0 Å². The molecule has 0 bridgehead atoms. The van der Waals surface area contributed by atoms with Gasteiger partial charge in [-0.25, -0.2) is 4.39 Å². The second kappa shape index (κ2) is 7.29. The smallest absolute Gasteiger partial charge is 0.175 e. The fraction of sp³-hybridized carbons (Fsp3) is 0.133. The summed E-state index contributed by atoms with van der Waals surface area (Å²) in [6.45, 7) is 0. The molecule has 7 heteroatoms. The Morgan fingerprint density at radius 2 is 1.59 bits per heavy atom. The zero-order chi connectivity index (χ0) is 16.1. The van der Waals surface area contributed by atoms with Crippen LogP contribution in [0.4, 0.5) is 15.8 Å². The van der Waals surface area contributed by atoms with Crippen molar-refractivity contribution >= 4 is 40.3 Å². The summed E-state index contributed by atoms with van der Waals surface area (Å²) in [7, 11) is 3.12. The van der Waals surface area contributed by atoms with Crippen LogP contribution >= 0.6 is 23.8 Å². The van der Waals surface area contributed by atoms with E-state index in [1.807, 2.05) is 0 Å². The molecule has 0 saturated carbocycles. The minimum absolute atomic E-state index is 0.0574. The lowest BCUT2D eigenvalue weighted by atomic mass is 10.3. The van der Waals surface area contributed by atoms with Gasteiger partial charge in [0.2, 0.25) is 0 Å². The van der Waals surface area contributed by atoms with E-state index in [9.17, 15) is 4.39 Å². The van der Waals surface area contributed by atoms with Gasteiger partial charge in [-0.05, 0) is 30.4 Å². The highest BCUT2D eigenvalue weighted by Crippen LogP contribution is 2.26. The molecule has 0 atom stereocenters. The van der Waals surface area contributed by atoms with Crippen molar-refractivity contribution in [3.63, 3.8) is 0 Å². The Hall–Kier alpha value is -2.05. The topological polar surface area (TPSA) is 42.5 Å². The lowest BCUT2D eigenvalue weighted by molar-refractivity contribution is 0.395. The van der Waals surface area contributed by atoms with E-state index in [2.05, 4.69) is 10.6 Å². The Bertz CT molecular complexity index is 675. The standard InChI is InChI=1S/C15H14ClFN2O2S/c1-20-11-5-10(6-12(8-11)21-2)19-15(22)18-9-3-4-13(16)14(17)7-9/h3-8H,1-2H3,(H2,18,19,22). The van der Waals surface area contributed by atoms with Gasteiger partial charge in [-0.15, -0.1) is 0 Å². The predicted octanol–water partition coefficient (Wildman–Crippen LogP) is 4.31. The van der Waals surface area contributed by atoms with Crippen molar-refractivity contribution in [2.75, 3.05) is 24.9 Å². The number of halogens is 2. The van der Waals surface area contributed by atoms with Gasteiger partial charge in [-0.2, -0.15) is 0 Å². The molecule has 2 aromatic rings. The van der Waals surface area contributed by atoms with Gasteiger partial charge in [0.1, 0.15) is 17.3 Å². The molecule has 0 aliphatic heterocycles. The second-order valence-electron chi connectivity index (χ2n) is 4.31. The molecule has 0 unspecified atom stereocenters. The summed E-state index contributed by atoms with van der Waals surface area (Å²) < 4.78 is 23.7. The van der Waals surface area contributed by atoms with E-state index in [1.54, 1.807) is 38.5 Å². The largest absolute Gasteiger partial charge is 0.497 e. The van der Waals surface area contributed by atoms with E-state index in [4.69, 9.17) is 33.3 Å². The highest BCUT2D eigenvalue weighted by Gasteiger charge is 2.06. The predicted molar refractivity (Wildman–Crippen MR) is 90.8 cm³/mol. The first-order valence-corrected chi connectivity index (χ1v) is 7.06. The van der Waals surface area contributed by atoms with Crippen molar-refractivity contribution in [2.24, 2.45) is 0 Å². The maximum atomic E-state index is 13.4. The zero-order valence-electron chi connectivity index (χ0n) is 11.9. The molecule has 0 radical (unpaired) electrons. The number of thiocarbonyl (C=S) groups is 1. The first-order valence-electron chi connectivity index (χ1n) is 6.28. The summed E-state index contributed by atoms with van der Waals surface area (Å²) in [6, 6.07) is 9.62. The molecule has 0 spiro atoms. The molecule has 2 aromatic carbocycles. The van der Waals surface area contributed by atoms with Crippen molar-refractivity contribution in [1.82, 2.24) is 0 Å². The molecule has 2 rings (SSSR count). The number of ether oxygens (including phenoxy) is 2. The van der Waals surface area contributed by atoms with Crippen LogP contribution in [-0.4, -0.2) is 19.3 Å². The molecule has 22 heavy (non-hydrogen) atoms. The summed E-state index contributed by atoms with van der Waals surface area (Å²) in [6.07, 6.45) is 0. The Morgan fingerprint density at radius 1 is 1.00 bits per heavy atom. The second-order valence-corrected chi connectivity index (χ2v) is 5.12. The number of nitrogens with one attached hydrogen (secondary N) is 2. The lowest BCUT2D eigenvalue weighted by Crippen LogP contribution is -2.19. The van der Waals surface area contributed by atoms with Crippen LogP contribution in [0.5, 0.6) is 11.5 Å². The van der Waals surface area contributed by atoms with Crippen LogP contribution in [0.25, 0.3) is 0 Å². The highest BCUT2D eigenvalue weighted by atomic mass is 35.5. The van der Waals surface area contributed by atoms with Crippen LogP contribution in [0.2, 0.25) is 5.02 Å². The average molecular weight is 341 g/mol. The van der Waals surface area contributed by atoms with Crippen LogP contribution in [-0.2, 0) is 0 Å². The Labute approximate surface area is 138 Å². The summed E-state index contributed by atoms with van der Waals surface area (Å²) in [4.78, 5) is 0. The van der Waals surface area contributed by atoms with Crippen LogP contribution in [0, 0.1) is 5.82 Å². The van der Waals surface area contributed by atoms with Crippen molar-refractivity contribution in [2.45, 2.75) is 0 Å². The number of rotatable bonds is 4.